The molecule has 1 rings (SSSR count). The second-order valence-electron chi connectivity index (χ2n) is 6.52. The lowest BCUT2D eigenvalue weighted by Gasteiger charge is -2.07. The summed E-state index contributed by atoms with van der Waals surface area (Å²) in [7, 11) is 0. The molecule has 0 atom stereocenters. The van der Waals surface area contributed by atoms with Crippen LogP contribution >= 0.6 is 15.9 Å². The second kappa shape index (κ2) is 15.1. The van der Waals surface area contributed by atoms with Gasteiger partial charge in [0.25, 0.3) is 0 Å². The van der Waals surface area contributed by atoms with Crippen LogP contribution in [0.25, 0.3) is 0 Å². The summed E-state index contributed by atoms with van der Waals surface area (Å²) < 4.78 is 5.82. The number of ether oxygens (including phenoxy) is 1. The van der Waals surface area contributed by atoms with Crippen molar-refractivity contribution in [1.29, 1.82) is 0 Å². The van der Waals surface area contributed by atoms with Gasteiger partial charge in [0, 0.05) is 5.33 Å². The maximum absolute atomic E-state index is 5.82. The molecule has 0 N–H and O–H groups in total. The Kier molecular flexibility index (Phi) is 13.4. The van der Waals surface area contributed by atoms with Crippen LogP contribution in [0.3, 0.4) is 0 Å². The average molecular weight is 383 g/mol. The van der Waals surface area contributed by atoms with Crippen LogP contribution in [0.4, 0.5) is 0 Å². The van der Waals surface area contributed by atoms with E-state index in [2.05, 4.69) is 41.1 Å². The van der Waals surface area contributed by atoms with Crippen LogP contribution in [0, 0.1) is 0 Å². The van der Waals surface area contributed by atoms with Crippen molar-refractivity contribution in [3.05, 3.63) is 29.8 Å². The number of rotatable bonds is 15. The molecule has 23 heavy (non-hydrogen) atoms. The van der Waals surface area contributed by atoms with E-state index in [0.717, 1.165) is 17.7 Å². The zero-order chi connectivity index (χ0) is 16.6. The van der Waals surface area contributed by atoms with Gasteiger partial charge >= 0.3 is 0 Å². The zero-order valence-corrected chi connectivity index (χ0v) is 16.6. The summed E-state index contributed by atoms with van der Waals surface area (Å²) in [5.41, 5.74) is 1.28. The van der Waals surface area contributed by atoms with Gasteiger partial charge in [0.15, 0.2) is 0 Å². The first kappa shape index (κ1) is 20.5. The zero-order valence-electron chi connectivity index (χ0n) is 15.0. The summed E-state index contributed by atoms with van der Waals surface area (Å²) >= 11 is 3.48. The first-order chi connectivity index (χ1) is 11.4. The molecule has 0 saturated carbocycles. The minimum atomic E-state index is 0.850. The maximum atomic E-state index is 5.82. The number of halogens is 1. The molecular weight excluding hydrogens is 348 g/mol. The van der Waals surface area contributed by atoms with E-state index in [4.69, 9.17) is 4.74 Å². The third kappa shape index (κ3) is 11.6. The quantitative estimate of drug-likeness (QED) is 0.223. The van der Waals surface area contributed by atoms with Crippen molar-refractivity contribution in [3.63, 3.8) is 0 Å². The van der Waals surface area contributed by atoms with Gasteiger partial charge in [0.2, 0.25) is 0 Å². The van der Waals surface area contributed by atoms with Crippen LogP contribution in [0.1, 0.15) is 89.5 Å². The topological polar surface area (TPSA) is 9.23 Å². The van der Waals surface area contributed by atoms with Crippen molar-refractivity contribution < 1.29 is 4.74 Å². The van der Waals surface area contributed by atoms with E-state index < -0.39 is 0 Å². The van der Waals surface area contributed by atoms with E-state index >= 15 is 0 Å². The fourth-order valence-electron chi connectivity index (χ4n) is 2.85. The monoisotopic (exact) mass is 382 g/mol. The molecule has 0 aliphatic rings. The molecule has 0 fully saturated rings. The molecule has 2 heteroatoms. The number of hydrogen-bond donors (Lipinski definition) is 0. The van der Waals surface area contributed by atoms with Crippen molar-refractivity contribution in [3.8, 4) is 5.75 Å². The molecular formula is C21H35BrO. The lowest BCUT2D eigenvalue weighted by molar-refractivity contribution is 0.304. The largest absolute Gasteiger partial charge is 0.494 e. The summed E-state index contributed by atoms with van der Waals surface area (Å²) in [6.45, 7) is 3.13. The van der Waals surface area contributed by atoms with Gasteiger partial charge in [-0.25, -0.2) is 0 Å². The molecule has 0 aliphatic carbocycles. The van der Waals surface area contributed by atoms with Crippen molar-refractivity contribution >= 4 is 15.9 Å². The lowest BCUT2D eigenvalue weighted by Crippen LogP contribution is -1.97. The molecule has 0 saturated heterocycles. The van der Waals surface area contributed by atoms with Gasteiger partial charge in [0.1, 0.15) is 5.75 Å². The average Bonchev–Trinajstić information content (AvgIpc) is 2.59. The smallest absolute Gasteiger partial charge is 0.119 e. The van der Waals surface area contributed by atoms with Gasteiger partial charge < -0.3 is 4.74 Å². The van der Waals surface area contributed by atoms with Gasteiger partial charge in [-0.2, -0.15) is 0 Å². The first-order valence-corrected chi connectivity index (χ1v) is 10.8. The molecule has 0 radical (unpaired) electrons. The van der Waals surface area contributed by atoms with Crippen LogP contribution in [0.15, 0.2) is 24.3 Å². The summed E-state index contributed by atoms with van der Waals surface area (Å²) in [5, 5.41) is 0.892. The van der Waals surface area contributed by atoms with Gasteiger partial charge in [-0.15, -0.1) is 0 Å². The van der Waals surface area contributed by atoms with E-state index in [1.807, 2.05) is 6.07 Å². The Hall–Kier alpha value is -0.500. The highest BCUT2D eigenvalue weighted by molar-refractivity contribution is 9.08. The third-order valence-electron chi connectivity index (χ3n) is 4.32. The maximum Gasteiger partial charge on any atom is 0.119 e. The highest BCUT2D eigenvalue weighted by Crippen LogP contribution is 2.16. The fraction of sp³-hybridized carbons (Fsp3) is 0.714. The number of alkyl halides is 1. The Morgan fingerprint density at radius 1 is 0.783 bits per heavy atom. The minimum absolute atomic E-state index is 0.850. The van der Waals surface area contributed by atoms with E-state index in [1.165, 1.54) is 82.6 Å². The van der Waals surface area contributed by atoms with Crippen LogP contribution in [-0.2, 0) is 5.33 Å². The Labute approximate surface area is 152 Å². The normalized spacial score (nSPS) is 10.9. The molecule has 1 nitrogen and oxygen atoms in total. The second-order valence-corrected chi connectivity index (χ2v) is 7.08. The lowest BCUT2D eigenvalue weighted by atomic mass is 10.1. The highest BCUT2D eigenvalue weighted by Gasteiger charge is 1.97. The first-order valence-electron chi connectivity index (χ1n) is 9.64. The molecule has 0 amide bonds. The van der Waals surface area contributed by atoms with Crippen LogP contribution in [0.2, 0.25) is 0 Å². The van der Waals surface area contributed by atoms with E-state index in [1.54, 1.807) is 0 Å². The van der Waals surface area contributed by atoms with Crippen LogP contribution < -0.4 is 4.74 Å². The molecule has 132 valence electrons. The summed E-state index contributed by atoms with van der Waals surface area (Å²) in [6, 6.07) is 8.35. The molecule has 0 unspecified atom stereocenters. The Morgan fingerprint density at radius 3 is 1.91 bits per heavy atom. The van der Waals surface area contributed by atoms with Crippen molar-refractivity contribution in [2.75, 3.05) is 6.61 Å². The summed E-state index contributed by atoms with van der Waals surface area (Å²) in [6.07, 6.45) is 16.6. The molecule has 0 heterocycles. The van der Waals surface area contributed by atoms with Crippen molar-refractivity contribution in [1.82, 2.24) is 0 Å². The van der Waals surface area contributed by atoms with Crippen molar-refractivity contribution in [2.24, 2.45) is 0 Å². The van der Waals surface area contributed by atoms with E-state index in [9.17, 15) is 0 Å². The van der Waals surface area contributed by atoms with Crippen molar-refractivity contribution in [2.45, 2.75) is 89.3 Å². The standard InChI is InChI=1S/C21H35BrO/c1-2-3-4-5-6-7-8-9-10-11-12-13-17-23-21-16-14-15-20(18-21)19-22/h14-16,18H,2-13,17,19H2,1H3. The van der Waals surface area contributed by atoms with Crippen LogP contribution in [-0.4, -0.2) is 6.61 Å². The highest BCUT2D eigenvalue weighted by atomic mass is 79.9. The Balaban J connectivity index is 1.84. The van der Waals surface area contributed by atoms with E-state index in [0.29, 0.717) is 0 Å². The molecule has 0 bridgehead atoms. The molecule has 0 aliphatic heterocycles. The molecule has 0 aromatic heterocycles. The third-order valence-corrected chi connectivity index (χ3v) is 4.97. The van der Waals surface area contributed by atoms with Gasteiger partial charge in [-0.05, 0) is 24.1 Å². The number of unbranched alkanes of at least 4 members (excludes halogenated alkanes) is 11. The van der Waals surface area contributed by atoms with Crippen LogP contribution in [0.5, 0.6) is 5.75 Å². The summed E-state index contributed by atoms with van der Waals surface area (Å²) in [5.74, 6) is 1.00. The predicted molar refractivity (Wildman–Crippen MR) is 106 cm³/mol. The van der Waals surface area contributed by atoms with E-state index in [-0.39, 0.29) is 0 Å². The summed E-state index contributed by atoms with van der Waals surface area (Å²) in [4.78, 5) is 0. The number of benzene rings is 1. The minimum Gasteiger partial charge on any atom is -0.494 e. The molecule has 1 aromatic carbocycles. The van der Waals surface area contributed by atoms with Gasteiger partial charge in [0.05, 0.1) is 6.61 Å². The molecule has 1 aromatic rings. The van der Waals surface area contributed by atoms with Gasteiger partial charge in [-0.1, -0.05) is 106 Å². The van der Waals surface area contributed by atoms with Gasteiger partial charge in [-0.3, -0.25) is 0 Å². The number of hydrogen-bond acceptors (Lipinski definition) is 1. The Bertz CT molecular complexity index is 378. The SMILES string of the molecule is CCCCCCCCCCCCCCOc1cccc(CBr)c1. The fourth-order valence-corrected chi connectivity index (χ4v) is 3.20. The molecule has 0 spiro atoms. The Morgan fingerprint density at radius 2 is 1.35 bits per heavy atom. The predicted octanol–water partition coefficient (Wildman–Crippen LogP) is 7.66.